The number of rotatable bonds is 4. The first-order valence-electron chi connectivity index (χ1n) is 6.09. The van der Waals surface area contributed by atoms with Gasteiger partial charge >= 0.3 is 0 Å². The van der Waals surface area contributed by atoms with Crippen LogP contribution in [-0.2, 0) is 0 Å². The van der Waals surface area contributed by atoms with Gasteiger partial charge in [0, 0.05) is 23.0 Å². The number of hydrogen-bond donors (Lipinski definition) is 2. The third kappa shape index (κ3) is 2.74. The Kier molecular flexibility index (Phi) is 3.72. The zero-order valence-corrected chi connectivity index (χ0v) is 10.5. The van der Waals surface area contributed by atoms with Crippen LogP contribution in [0.5, 0.6) is 5.75 Å². The first-order chi connectivity index (χ1) is 8.70. The number of ether oxygens (including phenoxy) is 1. The second kappa shape index (κ2) is 5.45. The topological polar surface area (TPSA) is 61.3 Å². The smallest absolute Gasteiger partial charge is 0.129 e. The second-order valence-corrected chi connectivity index (χ2v) is 4.23. The summed E-state index contributed by atoms with van der Waals surface area (Å²) in [6.07, 6.45) is 0.968. The summed E-state index contributed by atoms with van der Waals surface area (Å²) < 4.78 is 5.74. The van der Waals surface area contributed by atoms with E-state index in [-0.39, 0.29) is 0 Å². The molecular formula is C15H18N2O. The molecule has 2 aromatic carbocycles. The summed E-state index contributed by atoms with van der Waals surface area (Å²) in [6.45, 7) is 2.76. The van der Waals surface area contributed by atoms with Gasteiger partial charge in [-0.25, -0.2) is 0 Å². The van der Waals surface area contributed by atoms with Crippen molar-refractivity contribution in [1.29, 1.82) is 0 Å². The highest BCUT2D eigenvalue weighted by molar-refractivity contribution is 5.74. The van der Waals surface area contributed by atoms with Crippen LogP contribution in [0, 0.1) is 0 Å². The lowest BCUT2D eigenvalue weighted by molar-refractivity contribution is 0.319. The van der Waals surface area contributed by atoms with Gasteiger partial charge in [0.2, 0.25) is 0 Å². The van der Waals surface area contributed by atoms with Crippen LogP contribution < -0.4 is 16.2 Å². The van der Waals surface area contributed by atoms with Crippen LogP contribution in [-0.4, -0.2) is 6.61 Å². The summed E-state index contributed by atoms with van der Waals surface area (Å²) in [5.74, 6) is 0.821. The summed E-state index contributed by atoms with van der Waals surface area (Å²) in [5, 5.41) is 0. The fourth-order valence-corrected chi connectivity index (χ4v) is 1.77. The van der Waals surface area contributed by atoms with Crippen LogP contribution in [0.25, 0.3) is 11.1 Å². The second-order valence-electron chi connectivity index (χ2n) is 4.23. The van der Waals surface area contributed by atoms with Crippen molar-refractivity contribution in [3.8, 4) is 16.9 Å². The molecule has 2 rings (SSSR count). The van der Waals surface area contributed by atoms with E-state index in [9.17, 15) is 0 Å². The van der Waals surface area contributed by atoms with Gasteiger partial charge in [-0.2, -0.15) is 0 Å². The van der Waals surface area contributed by atoms with E-state index in [4.69, 9.17) is 16.2 Å². The summed E-state index contributed by atoms with van der Waals surface area (Å²) in [7, 11) is 0. The Morgan fingerprint density at radius 1 is 0.944 bits per heavy atom. The molecule has 0 saturated carbocycles. The molecule has 0 fully saturated rings. The van der Waals surface area contributed by atoms with Crippen molar-refractivity contribution >= 4 is 11.4 Å². The molecular weight excluding hydrogens is 224 g/mol. The van der Waals surface area contributed by atoms with E-state index in [1.165, 1.54) is 0 Å². The molecule has 3 heteroatoms. The number of benzene rings is 2. The lowest BCUT2D eigenvalue weighted by atomic mass is 10.0. The van der Waals surface area contributed by atoms with Crippen LogP contribution in [0.4, 0.5) is 11.4 Å². The lowest BCUT2D eigenvalue weighted by Gasteiger charge is -2.12. The molecule has 0 amide bonds. The number of anilines is 2. The Labute approximate surface area is 107 Å². The maximum Gasteiger partial charge on any atom is 0.129 e. The normalized spacial score (nSPS) is 10.3. The van der Waals surface area contributed by atoms with E-state index in [2.05, 4.69) is 6.92 Å². The van der Waals surface area contributed by atoms with Gasteiger partial charge < -0.3 is 16.2 Å². The van der Waals surface area contributed by atoms with Crippen molar-refractivity contribution in [1.82, 2.24) is 0 Å². The Morgan fingerprint density at radius 3 is 2.28 bits per heavy atom. The SMILES string of the molecule is CCCOc1cc(N)ccc1-c1ccc(N)cc1. The highest BCUT2D eigenvalue weighted by Crippen LogP contribution is 2.32. The van der Waals surface area contributed by atoms with Gasteiger partial charge in [0.05, 0.1) is 6.61 Å². The Morgan fingerprint density at radius 2 is 1.61 bits per heavy atom. The molecule has 0 heterocycles. The minimum Gasteiger partial charge on any atom is -0.493 e. The molecule has 0 radical (unpaired) electrons. The van der Waals surface area contributed by atoms with Gasteiger partial charge in [0.25, 0.3) is 0 Å². The molecule has 94 valence electrons. The molecule has 3 nitrogen and oxygen atoms in total. The number of hydrogen-bond acceptors (Lipinski definition) is 3. The minimum atomic E-state index is 0.686. The van der Waals surface area contributed by atoms with Gasteiger partial charge in [-0.3, -0.25) is 0 Å². The Hall–Kier alpha value is -2.16. The standard InChI is InChI=1S/C15H18N2O/c1-2-9-18-15-10-13(17)7-8-14(15)11-3-5-12(16)6-4-11/h3-8,10H,2,9,16-17H2,1H3. The predicted octanol–water partition coefficient (Wildman–Crippen LogP) is 3.31. The molecule has 0 aliphatic rings. The van der Waals surface area contributed by atoms with Crippen molar-refractivity contribution in [3.05, 3.63) is 42.5 Å². The molecule has 0 bridgehead atoms. The van der Waals surface area contributed by atoms with E-state index in [1.807, 2.05) is 42.5 Å². The van der Waals surface area contributed by atoms with Crippen LogP contribution in [0.15, 0.2) is 42.5 Å². The lowest BCUT2D eigenvalue weighted by Crippen LogP contribution is -1.98. The molecule has 0 saturated heterocycles. The van der Waals surface area contributed by atoms with E-state index >= 15 is 0 Å². The molecule has 18 heavy (non-hydrogen) atoms. The van der Waals surface area contributed by atoms with Crippen LogP contribution in [0.3, 0.4) is 0 Å². The highest BCUT2D eigenvalue weighted by atomic mass is 16.5. The first-order valence-corrected chi connectivity index (χ1v) is 6.09. The van der Waals surface area contributed by atoms with Gasteiger partial charge in [-0.05, 0) is 36.2 Å². The Bertz CT molecular complexity index is 521. The first kappa shape index (κ1) is 12.3. The van der Waals surface area contributed by atoms with Crippen molar-refractivity contribution < 1.29 is 4.74 Å². The van der Waals surface area contributed by atoms with Gasteiger partial charge in [0.15, 0.2) is 0 Å². The van der Waals surface area contributed by atoms with E-state index in [0.717, 1.165) is 29.0 Å². The average Bonchev–Trinajstić information content (AvgIpc) is 2.38. The van der Waals surface area contributed by atoms with Crippen LogP contribution in [0.2, 0.25) is 0 Å². The number of nitrogens with two attached hydrogens (primary N) is 2. The zero-order chi connectivity index (χ0) is 13.0. The molecule has 0 aliphatic carbocycles. The summed E-state index contributed by atoms with van der Waals surface area (Å²) >= 11 is 0. The van der Waals surface area contributed by atoms with Crippen molar-refractivity contribution in [3.63, 3.8) is 0 Å². The molecule has 0 spiro atoms. The molecule has 4 N–H and O–H groups in total. The van der Waals surface area contributed by atoms with Crippen molar-refractivity contribution in [2.24, 2.45) is 0 Å². The maximum atomic E-state index is 5.80. The minimum absolute atomic E-state index is 0.686. The fourth-order valence-electron chi connectivity index (χ4n) is 1.77. The molecule has 0 aliphatic heterocycles. The van der Waals surface area contributed by atoms with Crippen molar-refractivity contribution in [2.45, 2.75) is 13.3 Å². The van der Waals surface area contributed by atoms with Crippen molar-refractivity contribution in [2.75, 3.05) is 18.1 Å². The largest absolute Gasteiger partial charge is 0.493 e. The van der Waals surface area contributed by atoms with Gasteiger partial charge in [0.1, 0.15) is 5.75 Å². The summed E-state index contributed by atoms with van der Waals surface area (Å²) in [5.41, 5.74) is 15.1. The summed E-state index contributed by atoms with van der Waals surface area (Å²) in [6, 6.07) is 13.5. The van der Waals surface area contributed by atoms with Crippen LogP contribution in [0.1, 0.15) is 13.3 Å². The predicted molar refractivity (Wildman–Crippen MR) is 76.5 cm³/mol. The maximum absolute atomic E-state index is 5.80. The van der Waals surface area contributed by atoms with Gasteiger partial charge in [-0.1, -0.05) is 19.1 Å². The van der Waals surface area contributed by atoms with Gasteiger partial charge in [-0.15, -0.1) is 0 Å². The monoisotopic (exact) mass is 242 g/mol. The molecule has 0 atom stereocenters. The third-order valence-electron chi connectivity index (χ3n) is 2.69. The number of nitrogen functional groups attached to an aromatic ring is 2. The van der Waals surface area contributed by atoms with E-state index < -0.39 is 0 Å². The molecule has 2 aromatic rings. The molecule has 0 aromatic heterocycles. The average molecular weight is 242 g/mol. The van der Waals surface area contributed by atoms with E-state index in [0.29, 0.717) is 12.3 Å². The molecule has 0 unspecified atom stereocenters. The summed E-state index contributed by atoms with van der Waals surface area (Å²) in [4.78, 5) is 0. The Balaban J connectivity index is 2.39. The fraction of sp³-hybridized carbons (Fsp3) is 0.200. The van der Waals surface area contributed by atoms with E-state index in [1.54, 1.807) is 0 Å². The van der Waals surface area contributed by atoms with Crippen LogP contribution >= 0.6 is 0 Å². The zero-order valence-electron chi connectivity index (χ0n) is 10.5. The quantitative estimate of drug-likeness (QED) is 0.808. The third-order valence-corrected chi connectivity index (χ3v) is 2.69. The highest BCUT2D eigenvalue weighted by Gasteiger charge is 2.06.